The van der Waals surface area contributed by atoms with Crippen LogP contribution in [0.4, 0.5) is 5.69 Å². The third-order valence-corrected chi connectivity index (χ3v) is 4.77. The SMILES string of the molecule is O=C(O)CCc1ccc(NS(=O)(=O)N2CCCC2)cc1. The van der Waals surface area contributed by atoms with Gasteiger partial charge in [-0.25, -0.2) is 0 Å². The van der Waals surface area contributed by atoms with Crippen molar-refractivity contribution in [1.29, 1.82) is 0 Å². The standard InChI is InChI=1S/C13H18N2O4S/c16-13(17)8-5-11-3-6-12(7-4-11)14-20(18,19)15-9-1-2-10-15/h3-4,6-7,14H,1-2,5,8-10H2,(H,16,17). The monoisotopic (exact) mass is 298 g/mol. The fraction of sp³-hybridized carbons (Fsp3) is 0.462. The lowest BCUT2D eigenvalue weighted by Gasteiger charge is -2.16. The van der Waals surface area contributed by atoms with E-state index in [1.807, 2.05) is 0 Å². The van der Waals surface area contributed by atoms with Crippen LogP contribution < -0.4 is 4.72 Å². The first-order chi connectivity index (χ1) is 9.47. The van der Waals surface area contributed by atoms with Crippen LogP contribution in [0.3, 0.4) is 0 Å². The summed E-state index contributed by atoms with van der Waals surface area (Å²) in [6, 6.07) is 6.80. The van der Waals surface area contributed by atoms with Crippen molar-refractivity contribution in [2.24, 2.45) is 0 Å². The topological polar surface area (TPSA) is 86.7 Å². The molecule has 0 saturated carbocycles. The van der Waals surface area contributed by atoms with Gasteiger partial charge in [-0.05, 0) is 37.0 Å². The maximum Gasteiger partial charge on any atom is 0.303 e. The third-order valence-electron chi connectivity index (χ3n) is 3.23. The molecule has 2 N–H and O–H groups in total. The lowest BCUT2D eigenvalue weighted by atomic mass is 10.1. The van der Waals surface area contributed by atoms with Gasteiger partial charge >= 0.3 is 16.2 Å². The Morgan fingerprint density at radius 2 is 1.80 bits per heavy atom. The van der Waals surface area contributed by atoms with Gasteiger partial charge in [-0.1, -0.05) is 12.1 Å². The van der Waals surface area contributed by atoms with Crippen molar-refractivity contribution in [3.8, 4) is 0 Å². The Labute approximate surface area is 118 Å². The van der Waals surface area contributed by atoms with Crippen LogP contribution in [0.1, 0.15) is 24.8 Å². The zero-order chi connectivity index (χ0) is 14.6. The van der Waals surface area contributed by atoms with Gasteiger partial charge in [-0.15, -0.1) is 0 Å². The Balaban J connectivity index is 1.98. The maximum atomic E-state index is 12.0. The predicted molar refractivity (Wildman–Crippen MR) is 75.7 cm³/mol. The number of aryl methyl sites for hydroxylation is 1. The van der Waals surface area contributed by atoms with E-state index in [0.29, 0.717) is 25.2 Å². The summed E-state index contributed by atoms with van der Waals surface area (Å²) in [5, 5.41) is 8.61. The van der Waals surface area contributed by atoms with E-state index in [2.05, 4.69) is 4.72 Å². The van der Waals surface area contributed by atoms with Crippen molar-refractivity contribution in [3.63, 3.8) is 0 Å². The van der Waals surface area contributed by atoms with Gasteiger partial charge < -0.3 is 5.11 Å². The second-order valence-corrected chi connectivity index (χ2v) is 6.47. The Morgan fingerprint density at radius 1 is 1.20 bits per heavy atom. The van der Waals surface area contributed by atoms with Crippen LogP contribution >= 0.6 is 0 Å². The number of hydrogen-bond donors (Lipinski definition) is 2. The van der Waals surface area contributed by atoms with Crippen LogP contribution in [-0.2, 0) is 21.4 Å². The molecule has 1 heterocycles. The molecule has 110 valence electrons. The lowest BCUT2D eigenvalue weighted by Crippen LogP contribution is -2.33. The second kappa shape index (κ2) is 6.23. The van der Waals surface area contributed by atoms with Gasteiger partial charge in [0, 0.05) is 25.2 Å². The second-order valence-electron chi connectivity index (χ2n) is 4.80. The summed E-state index contributed by atoms with van der Waals surface area (Å²) >= 11 is 0. The van der Waals surface area contributed by atoms with E-state index in [4.69, 9.17) is 5.11 Å². The quantitative estimate of drug-likeness (QED) is 0.832. The molecule has 0 atom stereocenters. The van der Waals surface area contributed by atoms with Crippen LogP contribution in [0.5, 0.6) is 0 Å². The van der Waals surface area contributed by atoms with Gasteiger partial charge in [-0.2, -0.15) is 12.7 Å². The average Bonchev–Trinajstić information content (AvgIpc) is 2.92. The number of hydrogen-bond acceptors (Lipinski definition) is 3. The number of aliphatic carboxylic acids is 1. The summed E-state index contributed by atoms with van der Waals surface area (Å²) in [5.41, 5.74) is 1.37. The number of carboxylic acid groups (broad SMARTS) is 1. The number of nitrogens with zero attached hydrogens (tertiary/aromatic N) is 1. The van der Waals surface area contributed by atoms with Crippen molar-refractivity contribution < 1.29 is 18.3 Å². The van der Waals surface area contributed by atoms with Gasteiger partial charge in [0.15, 0.2) is 0 Å². The van der Waals surface area contributed by atoms with Gasteiger partial charge in [0.1, 0.15) is 0 Å². The summed E-state index contributed by atoms with van der Waals surface area (Å²) in [5.74, 6) is -0.844. The molecule has 1 saturated heterocycles. The highest BCUT2D eigenvalue weighted by molar-refractivity contribution is 7.90. The van der Waals surface area contributed by atoms with Gasteiger partial charge in [0.2, 0.25) is 0 Å². The largest absolute Gasteiger partial charge is 0.481 e. The highest BCUT2D eigenvalue weighted by Crippen LogP contribution is 2.17. The molecule has 0 bridgehead atoms. The summed E-state index contributed by atoms with van der Waals surface area (Å²) in [6.45, 7) is 1.12. The van der Waals surface area contributed by atoms with Crippen LogP contribution in [0, 0.1) is 0 Å². The molecule has 1 aromatic rings. The van der Waals surface area contributed by atoms with Crippen molar-refractivity contribution in [3.05, 3.63) is 29.8 Å². The Hall–Kier alpha value is -1.60. The molecule has 2 rings (SSSR count). The van der Waals surface area contributed by atoms with Crippen molar-refractivity contribution in [1.82, 2.24) is 4.31 Å². The van der Waals surface area contributed by atoms with Crippen LogP contribution in [-0.4, -0.2) is 36.9 Å². The molecule has 1 aromatic carbocycles. The molecular weight excluding hydrogens is 280 g/mol. The minimum atomic E-state index is -3.46. The zero-order valence-electron chi connectivity index (χ0n) is 11.1. The molecule has 0 unspecified atom stereocenters. The number of anilines is 1. The maximum absolute atomic E-state index is 12.0. The Kier molecular flexibility index (Phi) is 4.61. The molecule has 1 aliphatic rings. The molecular formula is C13H18N2O4S. The van der Waals surface area contributed by atoms with E-state index in [0.717, 1.165) is 18.4 Å². The molecule has 20 heavy (non-hydrogen) atoms. The summed E-state index contributed by atoms with van der Waals surface area (Å²) < 4.78 is 28.0. The Morgan fingerprint density at radius 3 is 2.35 bits per heavy atom. The first kappa shape index (κ1) is 14.8. The van der Waals surface area contributed by atoms with Gasteiger partial charge in [0.25, 0.3) is 0 Å². The molecule has 0 spiro atoms. The van der Waals surface area contributed by atoms with Crippen molar-refractivity contribution in [2.45, 2.75) is 25.7 Å². The first-order valence-corrected chi connectivity index (χ1v) is 8.00. The first-order valence-electron chi connectivity index (χ1n) is 6.56. The molecule has 7 heteroatoms. The highest BCUT2D eigenvalue weighted by atomic mass is 32.2. The van der Waals surface area contributed by atoms with Crippen molar-refractivity contribution >= 4 is 21.9 Å². The fourth-order valence-corrected chi connectivity index (χ4v) is 3.43. The van der Waals surface area contributed by atoms with E-state index < -0.39 is 16.2 Å². The molecule has 0 amide bonds. The van der Waals surface area contributed by atoms with Gasteiger partial charge in [0.05, 0.1) is 0 Å². The van der Waals surface area contributed by atoms with Crippen LogP contribution in [0.25, 0.3) is 0 Å². The number of nitrogens with one attached hydrogen (secondary N) is 1. The smallest absolute Gasteiger partial charge is 0.303 e. The third kappa shape index (κ3) is 3.94. The van der Waals surface area contributed by atoms with E-state index >= 15 is 0 Å². The lowest BCUT2D eigenvalue weighted by molar-refractivity contribution is -0.136. The fourth-order valence-electron chi connectivity index (χ4n) is 2.13. The predicted octanol–water partition coefficient (Wildman–Crippen LogP) is 1.46. The van der Waals surface area contributed by atoms with Crippen LogP contribution in [0.15, 0.2) is 24.3 Å². The molecule has 1 aliphatic heterocycles. The molecule has 0 radical (unpaired) electrons. The molecule has 0 aromatic heterocycles. The number of benzene rings is 1. The summed E-state index contributed by atoms with van der Waals surface area (Å²) in [4.78, 5) is 10.5. The molecule has 6 nitrogen and oxygen atoms in total. The van der Waals surface area contributed by atoms with E-state index in [1.54, 1.807) is 24.3 Å². The minimum Gasteiger partial charge on any atom is -0.481 e. The average molecular weight is 298 g/mol. The number of carbonyl (C=O) groups is 1. The number of rotatable bonds is 6. The summed E-state index contributed by atoms with van der Waals surface area (Å²) in [6.07, 6.45) is 2.30. The van der Waals surface area contributed by atoms with Crippen molar-refractivity contribution in [2.75, 3.05) is 17.8 Å². The summed E-state index contributed by atoms with van der Waals surface area (Å²) in [7, 11) is -3.46. The molecule has 1 fully saturated rings. The van der Waals surface area contributed by atoms with Crippen LogP contribution in [0.2, 0.25) is 0 Å². The normalized spacial score (nSPS) is 16.2. The zero-order valence-corrected chi connectivity index (χ0v) is 11.9. The van der Waals surface area contributed by atoms with E-state index in [9.17, 15) is 13.2 Å². The highest BCUT2D eigenvalue weighted by Gasteiger charge is 2.24. The molecule has 0 aliphatic carbocycles. The number of carboxylic acids is 1. The minimum absolute atomic E-state index is 0.0683. The van der Waals surface area contributed by atoms with E-state index in [-0.39, 0.29) is 6.42 Å². The Bertz CT molecular complexity index is 563. The van der Waals surface area contributed by atoms with E-state index in [1.165, 1.54) is 4.31 Å². The van der Waals surface area contributed by atoms with Gasteiger partial charge in [-0.3, -0.25) is 9.52 Å².